The van der Waals surface area contributed by atoms with Gasteiger partial charge in [0.25, 0.3) is 0 Å². The van der Waals surface area contributed by atoms with Gasteiger partial charge in [0.1, 0.15) is 0 Å². The molecule has 3 amide bonds. The number of carbonyl (C=O) groups is 4. The predicted molar refractivity (Wildman–Crippen MR) is 105 cm³/mol. The number of carboxylic acids is 1. The van der Waals surface area contributed by atoms with E-state index in [1.165, 1.54) is 0 Å². The molecule has 0 bridgehead atoms. The Morgan fingerprint density at radius 3 is 1.86 bits per heavy atom. The van der Waals surface area contributed by atoms with Crippen molar-refractivity contribution in [1.82, 2.24) is 15.1 Å². The Hall–Kier alpha value is -2.12. The molecule has 28 heavy (non-hydrogen) atoms. The minimum absolute atomic E-state index is 0.0315. The average Bonchev–Trinajstić information content (AvgIpc) is 2.57. The van der Waals surface area contributed by atoms with Gasteiger partial charge in [-0.25, -0.2) is 0 Å². The fourth-order valence-corrected chi connectivity index (χ4v) is 3.19. The van der Waals surface area contributed by atoms with E-state index in [1.54, 1.807) is 30.6 Å². The van der Waals surface area contributed by atoms with Crippen LogP contribution in [0, 0.1) is 17.8 Å². The summed E-state index contributed by atoms with van der Waals surface area (Å²) in [6.45, 7) is 12.7. The standard InChI is InChI=1S/C20H35N3O5/c1-13(12-17(25)26)11-16(24)22-7-9-23(10-8-22)19(28)15(3)14(2)18(27)21-20(4,5)6/h13-15H,7-12H2,1-6H3,(H,21,27)(H,25,26). The molecule has 0 aromatic heterocycles. The van der Waals surface area contributed by atoms with Gasteiger partial charge in [-0.05, 0) is 26.7 Å². The second-order valence-electron chi connectivity index (χ2n) is 8.93. The predicted octanol–water partition coefficient (Wildman–Crippen LogP) is 1.35. The highest BCUT2D eigenvalue weighted by Crippen LogP contribution is 2.18. The molecule has 3 atom stereocenters. The number of aliphatic carboxylic acids is 1. The van der Waals surface area contributed by atoms with Gasteiger partial charge in [0.05, 0.1) is 0 Å². The maximum atomic E-state index is 12.8. The lowest BCUT2D eigenvalue weighted by Gasteiger charge is -2.37. The maximum absolute atomic E-state index is 12.8. The molecular formula is C20H35N3O5. The van der Waals surface area contributed by atoms with Crippen molar-refractivity contribution in [1.29, 1.82) is 0 Å². The van der Waals surface area contributed by atoms with Crippen LogP contribution in [0.3, 0.4) is 0 Å². The van der Waals surface area contributed by atoms with Crippen molar-refractivity contribution in [2.24, 2.45) is 17.8 Å². The second-order valence-corrected chi connectivity index (χ2v) is 8.93. The lowest BCUT2D eigenvalue weighted by atomic mass is 9.92. The van der Waals surface area contributed by atoms with Gasteiger partial charge in [0.2, 0.25) is 17.7 Å². The molecule has 0 radical (unpaired) electrons. The summed E-state index contributed by atoms with van der Waals surface area (Å²) in [5.74, 6) is -2.31. The van der Waals surface area contributed by atoms with E-state index in [0.29, 0.717) is 26.2 Å². The Morgan fingerprint density at radius 1 is 0.893 bits per heavy atom. The van der Waals surface area contributed by atoms with Crippen molar-refractivity contribution >= 4 is 23.7 Å². The van der Waals surface area contributed by atoms with Crippen molar-refractivity contribution in [2.45, 2.75) is 59.9 Å². The first-order chi connectivity index (χ1) is 12.8. The van der Waals surface area contributed by atoms with Gasteiger partial charge in [-0.3, -0.25) is 19.2 Å². The molecule has 160 valence electrons. The van der Waals surface area contributed by atoms with Crippen LogP contribution in [0.25, 0.3) is 0 Å². The maximum Gasteiger partial charge on any atom is 0.303 e. The van der Waals surface area contributed by atoms with Crippen LogP contribution in [-0.2, 0) is 19.2 Å². The van der Waals surface area contributed by atoms with Gasteiger partial charge >= 0.3 is 5.97 Å². The Kier molecular flexibility index (Phi) is 8.45. The molecule has 0 aromatic rings. The Balaban J connectivity index is 2.53. The number of hydrogen-bond acceptors (Lipinski definition) is 4. The fraction of sp³-hybridized carbons (Fsp3) is 0.800. The number of rotatable bonds is 7. The van der Waals surface area contributed by atoms with E-state index in [4.69, 9.17) is 5.11 Å². The van der Waals surface area contributed by atoms with Crippen LogP contribution < -0.4 is 5.32 Å². The molecule has 2 N–H and O–H groups in total. The number of carbonyl (C=O) groups excluding carboxylic acids is 3. The summed E-state index contributed by atoms with van der Waals surface area (Å²) in [6, 6.07) is 0. The SMILES string of the molecule is CC(CC(=O)O)CC(=O)N1CCN(C(=O)C(C)C(C)C(=O)NC(C)(C)C)CC1. The van der Waals surface area contributed by atoms with Crippen molar-refractivity contribution < 1.29 is 24.3 Å². The molecule has 0 spiro atoms. The molecule has 3 unspecified atom stereocenters. The molecular weight excluding hydrogens is 362 g/mol. The van der Waals surface area contributed by atoms with E-state index in [9.17, 15) is 19.2 Å². The van der Waals surface area contributed by atoms with Crippen LogP contribution in [0.5, 0.6) is 0 Å². The van der Waals surface area contributed by atoms with Gasteiger partial charge in [0.15, 0.2) is 0 Å². The summed E-state index contributed by atoms with van der Waals surface area (Å²) in [7, 11) is 0. The summed E-state index contributed by atoms with van der Waals surface area (Å²) in [5, 5.41) is 11.7. The number of amides is 3. The molecule has 1 saturated heterocycles. The van der Waals surface area contributed by atoms with Gasteiger partial charge in [-0.2, -0.15) is 0 Å². The number of nitrogens with zero attached hydrogens (tertiary/aromatic N) is 2. The van der Waals surface area contributed by atoms with Crippen LogP contribution in [0.4, 0.5) is 0 Å². The van der Waals surface area contributed by atoms with Crippen LogP contribution in [-0.4, -0.2) is 70.3 Å². The summed E-state index contributed by atoms with van der Waals surface area (Å²) in [5.41, 5.74) is -0.349. The quantitative estimate of drug-likeness (QED) is 0.674. The molecule has 1 heterocycles. The zero-order valence-corrected chi connectivity index (χ0v) is 17.9. The van der Waals surface area contributed by atoms with Crippen molar-refractivity contribution in [2.75, 3.05) is 26.2 Å². The monoisotopic (exact) mass is 397 g/mol. The summed E-state index contributed by atoms with van der Waals surface area (Å²) >= 11 is 0. The van der Waals surface area contributed by atoms with Crippen LogP contribution >= 0.6 is 0 Å². The van der Waals surface area contributed by atoms with Gasteiger partial charge in [-0.15, -0.1) is 0 Å². The molecule has 1 aliphatic heterocycles. The van der Waals surface area contributed by atoms with E-state index < -0.39 is 17.8 Å². The average molecular weight is 398 g/mol. The van der Waals surface area contributed by atoms with Crippen molar-refractivity contribution in [3.8, 4) is 0 Å². The highest BCUT2D eigenvalue weighted by Gasteiger charge is 2.33. The van der Waals surface area contributed by atoms with Crippen LogP contribution in [0.2, 0.25) is 0 Å². The molecule has 0 saturated carbocycles. The van der Waals surface area contributed by atoms with Crippen LogP contribution in [0.1, 0.15) is 54.4 Å². The van der Waals surface area contributed by atoms with E-state index in [2.05, 4.69) is 5.32 Å². The number of nitrogens with one attached hydrogen (secondary N) is 1. The topological polar surface area (TPSA) is 107 Å². The Morgan fingerprint density at radius 2 is 1.39 bits per heavy atom. The molecule has 0 aromatic carbocycles. The van der Waals surface area contributed by atoms with Crippen LogP contribution in [0.15, 0.2) is 0 Å². The first kappa shape index (κ1) is 23.9. The minimum atomic E-state index is -0.908. The smallest absolute Gasteiger partial charge is 0.303 e. The van der Waals surface area contributed by atoms with E-state index in [1.807, 2.05) is 20.8 Å². The van der Waals surface area contributed by atoms with Gasteiger partial charge < -0.3 is 20.2 Å². The molecule has 1 fully saturated rings. The minimum Gasteiger partial charge on any atom is -0.481 e. The summed E-state index contributed by atoms with van der Waals surface area (Å²) in [4.78, 5) is 51.5. The van der Waals surface area contributed by atoms with E-state index in [0.717, 1.165) is 0 Å². The lowest BCUT2D eigenvalue weighted by Crippen LogP contribution is -2.53. The number of hydrogen-bond donors (Lipinski definition) is 2. The highest BCUT2D eigenvalue weighted by molar-refractivity contribution is 5.87. The fourth-order valence-electron chi connectivity index (χ4n) is 3.19. The van der Waals surface area contributed by atoms with Crippen molar-refractivity contribution in [3.05, 3.63) is 0 Å². The molecule has 1 aliphatic rings. The zero-order chi connectivity index (χ0) is 21.6. The van der Waals surface area contributed by atoms with E-state index in [-0.39, 0.29) is 42.0 Å². The third-order valence-corrected chi connectivity index (χ3v) is 5.04. The molecule has 1 rings (SSSR count). The normalized spacial score (nSPS) is 18.2. The number of carboxylic acid groups (broad SMARTS) is 1. The molecule has 8 heteroatoms. The first-order valence-corrected chi connectivity index (χ1v) is 9.92. The summed E-state index contributed by atoms with van der Waals surface area (Å²) in [6.07, 6.45) is 0.164. The number of piperazine rings is 1. The molecule has 8 nitrogen and oxygen atoms in total. The first-order valence-electron chi connectivity index (χ1n) is 9.92. The second kappa shape index (κ2) is 9.89. The highest BCUT2D eigenvalue weighted by atomic mass is 16.4. The van der Waals surface area contributed by atoms with Gasteiger partial charge in [-0.1, -0.05) is 20.8 Å². The largest absolute Gasteiger partial charge is 0.481 e. The van der Waals surface area contributed by atoms with Crippen molar-refractivity contribution in [3.63, 3.8) is 0 Å². The lowest BCUT2D eigenvalue weighted by molar-refractivity contribution is -0.145. The Bertz CT molecular complexity index is 591. The third-order valence-electron chi connectivity index (χ3n) is 5.04. The third kappa shape index (κ3) is 7.48. The zero-order valence-electron chi connectivity index (χ0n) is 17.9. The van der Waals surface area contributed by atoms with Gasteiger partial charge in [0, 0.05) is 56.4 Å². The van der Waals surface area contributed by atoms with E-state index >= 15 is 0 Å². The Labute approximate surface area is 167 Å². The summed E-state index contributed by atoms with van der Waals surface area (Å²) < 4.78 is 0. The molecule has 0 aliphatic carbocycles.